The van der Waals surface area contributed by atoms with Gasteiger partial charge in [-0.2, -0.15) is 0 Å². The zero-order chi connectivity index (χ0) is 13.6. The van der Waals surface area contributed by atoms with E-state index in [2.05, 4.69) is 15.6 Å². The fourth-order valence-corrected chi connectivity index (χ4v) is 3.71. The fourth-order valence-electron chi connectivity index (χ4n) is 2.42. The van der Waals surface area contributed by atoms with Crippen LogP contribution >= 0.6 is 11.8 Å². The number of hydrogen-bond donors (Lipinski definition) is 3. The van der Waals surface area contributed by atoms with Gasteiger partial charge < -0.3 is 15.7 Å². The summed E-state index contributed by atoms with van der Waals surface area (Å²) in [5.41, 5.74) is 0.866. The van der Waals surface area contributed by atoms with Crippen LogP contribution in [0.25, 0.3) is 0 Å². The van der Waals surface area contributed by atoms with Gasteiger partial charge in [0.2, 0.25) is 0 Å². The van der Waals surface area contributed by atoms with Gasteiger partial charge in [-0.1, -0.05) is 0 Å². The van der Waals surface area contributed by atoms with Crippen LogP contribution in [0.2, 0.25) is 0 Å². The quantitative estimate of drug-likeness (QED) is 0.573. The molecular formula is C11H14N4O3S. The van der Waals surface area contributed by atoms with Crippen LogP contribution in [0.1, 0.15) is 6.92 Å². The van der Waals surface area contributed by atoms with E-state index in [4.69, 9.17) is 0 Å². The van der Waals surface area contributed by atoms with E-state index in [-0.39, 0.29) is 17.0 Å². The molecule has 8 heteroatoms. The van der Waals surface area contributed by atoms with E-state index in [1.165, 1.54) is 4.90 Å². The summed E-state index contributed by atoms with van der Waals surface area (Å²) in [6, 6.07) is -0.392. The monoisotopic (exact) mass is 282 g/mol. The summed E-state index contributed by atoms with van der Waals surface area (Å²) >= 11 is 1.58. The zero-order valence-electron chi connectivity index (χ0n) is 10.3. The van der Waals surface area contributed by atoms with Crippen LogP contribution in [0.5, 0.6) is 0 Å². The minimum Gasteiger partial charge on any atom is -0.477 e. The second-order valence-corrected chi connectivity index (χ2v) is 5.73. The second kappa shape index (κ2) is 4.44. The zero-order valence-corrected chi connectivity index (χ0v) is 11.2. The lowest BCUT2D eigenvalue weighted by Crippen LogP contribution is -2.71. The highest BCUT2D eigenvalue weighted by molar-refractivity contribution is 8.00. The molecule has 3 rings (SSSR count). The number of carbonyl (C=O) groups is 2. The Morgan fingerprint density at radius 2 is 2.42 bits per heavy atom. The van der Waals surface area contributed by atoms with Crippen molar-refractivity contribution in [1.82, 2.24) is 15.5 Å². The van der Waals surface area contributed by atoms with Crippen molar-refractivity contribution in [3.8, 4) is 0 Å². The Kier molecular flexibility index (Phi) is 2.89. The summed E-state index contributed by atoms with van der Waals surface area (Å²) < 4.78 is 0. The smallest absolute Gasteiger partial charge is 0.352 e. The van der Waals surface area contributed by atoms with Crippen LogP contribution in [0.4, 0.5) is 0 Å². The van der Waals surface area contributed by atoms with Gasteiger partial charge in [-0.25, -0.2) is 4.79 Å². The summed E-state index contributed by atoms with van der Waals surface area (Å²) in [5.74, 6) is 0.0202. The molecule has 0 aromatic carbocycles. The average molecular weight is 282 g/mol. The van der Waals surface area contributed by atoms with Crippen molar-refractivity contribution in [3.63, 3.8) is 0 Å². The third-order valence-electron chi connectivity index (χ3n) is 3.33. The molecular weight excluding hydrogens is 268 g/mol. The van der Waals surface area contributed by atoms with Gasteiger partial charge in [-0.05, 0) is 12.5 Å². The maximum absolute atomic E-state index is 12.1. The Morgan fingerprint density at radius 1 is 1.63 bits per heavy atom. The first-order valence-electron chi connectivity index (χ1n) is 6.02. The number of aliphatic carboxylic acids is 1. The molecule has 3 heterocycles. The lowest BCUT2D eigenvalue weighted by molar-refractivity contribution is -0.148. The molecule has 0 radical (unpaired) electrons. The van der Waals surface area contributed by atoms with Crippen LogP contribution in [0.3, 0.4) is 0 Å². The van der Waals surface area contributed by atoms with Crippen molar-refractivity contribution in [2.24, 2.45) is 4.99 Å². The van der Waals surface area contributed by atoms with Crippen LogP contribution in [-0.2, 0) is 9.59 Å². The topological polar surface area (TPSA) is 94.0 Å². The summed E-state index contributed by atoms with van der Waals surface area (Å²) in [6.07, 6.45) is 0. The SMILES string of the molecule is CC1=C(C(=O)O)N2C(=O)C(NC3=NCCN3)[C@H]2SC1. The molecule has 1 fully saturated rings. The molecule has 0 aromatic heterocycles. The highest BCUT2D eigenvalue weighted by Gasteiger charge is 2.53. The molecule has 0 aliphatic carbocycles. The van der Waals surface area contributed by atoms with E-state index in [1.54, 1.807) is 18.7 Å². The highest BCUT2D eigenvalue weighted by Crippen LogP contribution is 2.40. The molecule has 2 atom stereocenters. The molecule has 1 saturated heterocycles. The van der Waals surface area contributed by atoms with Gasteiger partial charge in [0.05, 0.1) is 6.54 Å². The lowest BCUT2D eigenvalue weighted by Gasteiger charge is -2.49. The Hall–Kier alpha value is -1.70. The molecule has 0 aromatic rings. The third-order valence-corrected chi connectivity index (χ3v) is 4.75. The lowest BCUT2D eigenvalue weighted by atomic mass is 10.0. The number of hydrogen-bond acceptors (Lipinski definition) is 6. The number of rotatable bonds is 2. The van der Waals surface area contributed by atoms with Crippen LogP contribution in [0, 0.1) is 0 Å². The molecule has 3 N–H and O–H groups in total. The number of carbonyl (C=O) groups excluding carboxylic acids is 1. The molecule has 102 valence electrons. The first-order chi connectivity index (χ1) is 9.09. The molecule has 3 aliphatic heterocycles. The summed E-state index contributed by atoms with van der Waals surface area (Å²) in [6.45, 7) is 3.22. The number of nitrogens with one attached hydrogen (secondary N) is 2. The number of guanidine groups is 1. The Morgan fingerprint density at radius 3 is 3.05 bits per heavy atom. The minimum absolute atomic E-state index is 0.133. The Balaban J connectivity index is 1.78. The predicted octanol–water partition coefficient (Wildman–Crippen LogP) is -0.822. The molecule has 1 unspecified atom stereocenters. The standard InChI is InChI=1S/C11H14N4O3S/c1-5-4-19-9-6(14-11-12-2-3-13-11)8(16)15(9)7(5)10(17)18/h6,9H,2-4H2,1H3,(H,17,18)(H2,12,13,14)/t6?,9-/m1/s1. The molecule has 3 aliphatic rings. The van der Waals surface area contributed by atoms with Crippen molar-refractivity contribution < 1.29 is 14.7 Å². The number of carboxylic acids is 1. The first kappa shape index (κ1) is 12.3. The van der Waals surface area contributed by atoms with Gasteiger partial charge in [0, 0.05) is 12.3 Å². The number of fused-ring (bicyclic) bond motifs is 1. The molecule has 1 amide bonds. The van der Waals surface area contributed by atoms with E-state index in [1.807, 2.05) is 0 Å². The maximum atomic E-state index is 12.1. The summed E-state index contributed by atoms with van der Waals surface area (Å²) in [7, 11) is 0. The number of amides is 1. The first-order valence-corrected chi connectivity index (χ1v) is 7.07. The van der Waals surface area contributed by atoms with Gasteiger partial charge in [-0.3, -0.25) is 14.7 Å². The van der Waals surface area contributed by atoms with Gasteiger partial charge in [0.25, 0.3) is 5.91 Å². The van der Waals surface area contributed by atoms with Crippen molar-refractivity contribution in [1.29, 1.82) is 0 Å². The van der Waals surface area contributed by atoms with Crippen molar-refractivity contribution in [2.45, 2.75) is 18.3 Å². The van der Waals surface area contributed by atoms with Crippen molar-refractivity contribution in [2.75, 3.05) is 18.8 Å². The van der Waals surface area contributed by atoms with Crippen molar-refractivity contribution >= 4 is 29.6 Å². The molecule has 7 nitrogen and oxygen atoms in total. The van der Waals surface area contributed by atoms with E-state index < -0.39 is 12.0 Å². The molecule has 0 bridgehead atoms. The number of aliphatic imine (C=N–C) groups is 1. The number of β-lactam (4-membered cyclic amide) rings is 1. The van der Waals surface area contributed by atoms with Crippen LogP contribution in [-0.4, -0.2) is 58.1 Å². The van der Waals surface area contributed by atoms with Crippen molar-refractivity contribution in [3.05, 3.63) is 11.3 Å². The third kappa shape index (κ3) is 1.86. The molecule has 19 heavy (non-hydrogen) atoms. The number of nitrogens with zero attached hydrogens (tertiary/aromatic N) is 2. The predicted molar refractivity (Wildman–Crippen MR) is 70.7 cm³/mol. The van der Waals surface area contributed by atoms with E-state index in [9.17, 15) is 14.7 Å². The van der Waals surface area contributed by atoms with E-state index in [0.29, 0.717) is 18.3 Å². The molecule has 0 saturated carbocycles. The van der Waals surface area contributed by atoms with Gasteiger partial charge in [0.1, 0.15) is 17.1 Å². The van der Waals surface area contributed by atoms with Crippen LogP contribution < -0.4 is 10.6 Å². The fraction of sp³-hybridized carbons (Fsp3) is 0.545. The minimum atomic E-state index is -1.04. The highest BCUT2D eigenvalue weighted by atomic mass is 32.2. The van der Waals surface area contributed by atoms with E-state index in [0.717, 1.165) is 12.1 Å². The molecule has 0 spiro atoms. The Bertz CT molecular complexity index is 516. The van der Waals surface area contributed by atoms with E-state index >= 15 is 0 Å². The van der Waals surface area contributed by atoms with Gasteiger partial charge >= 0.3 is 5.97 Å². The van der Waals surface area contributed by atoms with Gasteiger partial charge in [-0.15, -0.1) is 11.8 Å². The summed E-state index contributed by atoms with van der Waals surface area (Å²) in [5, 5.41) is 15.1. The average Bonchev–Trinajstić information content (AvgIpc) is 2.88. The maximum Gasteiger partial charge on any atom is 0.352 e. The summed E-state index contributed by atoms with van der Waals surface area (Å²) in [4.78, 5) is 28.9. The Labute approximate surface area is 114 Å². The normalized spacial score (nSPS) is 29.4. The van der Waals surface area contributed by atoms with Gasteiger partial charge in [0.15, 0.2) is 5.96 Å². The number of thioether (sulfide) groups is 1. The van der Waals surface area contributed by atoms with Crippen LogP contribution in [0.15, 0.2) is 16.3 Å². The number of carboxylic acid groups (broad SMARTS) is 1. The largest absolute Gasteiger partial charge is 0.477 e. The second-order valence-electron chi connectivity index (χ2n) is 4.62.